The van der Waals surface area contributed by atoms with Crippen molar-refractivity contribution in [1.29, 1.82) is 0 Å². The van der Waals surface area contributed by atoms with Crippen LogP contribution in [0.25, 0.3) is 22.1 Å². The number of aliphatic hydroxyl groups is 1. The molecule has 1 unspecified atom stereocenters. The number of fused-ring (bicyclic) bond motifs is 3. The molecule has 5 rings (SSSR count). The summed E-state index contributed by atoms with van der Waals surface area (Å²) in [5.74, 6) is 0.481. The van der Waals surface area contributed by atoms with Gasteiger partial charge < -0.3 is 9.67 Å². The van der Waals surface area contributed by atoms with E-state index >= 15 is 0 Å². The average molecular weight is 518 g/mol. The first kappa shape index (κ1) is 23.9. The van der Waals surface area contributed by atoms with Crippen molar-refractivity contribution in [1.82, 2.24) is 22.8 Å². The lowest BCUT2D eigenvalue weighted by atomic mass is 10.2. The molecule has 1 fully saturated rings. The van der Waals surface area contributed by atoms with E-state index in [1.54, 1.807) is 31.2 Å². The second kappa shape index (κ2) is 8.70. The minimum Gasteiger partial charge on any atom is -0.385 e. The number of benzene rings is 1. The van der Waals surface area contributed by atoms with Gasteiger partial charge in [0.05, 0.1) is 28.4 Å². The Bertz CT molecular complexity index is 1610. The largest absolute Gasteiger partial charge is 0.385 e. The standard InChI is InChI=1S/C23H27N5O5S2/c1-3-13-34(30,31)26-11-9-17(15-26)28-21-19-10-12-27(35(32,33)18-7-5-4-6-8-18)23(19)24-14-20(21)25-22(28)16(2)29/h4-8,10,12,14,16-17,29H,3,9,11,13,15H2,1-2H3/t16-,17?/m1/s1. The lowest BCUT2D eigenvalue weighted by molar-refractivity contribution is 0.182. The molecule has 0 amide bonds. The molecule has 3 aromatic heterocycles. The predicted octanol–water partition coefficient (Wildman–Crippen LogP) is 2.66. The molecule has 0 spiro atoms. The highest BCUT2D eigenvalue weighted by Crippen LogP contribution is 2.35. The van der Waals surface area contributed by atoms with Gasteiger partial charge in [-0.2, -0.15) is 4.31 Å². The Morgan fingerprint density at radius 2 is 1.89 bits per heavy atom. The first-order chi connectivity index (χ1) is 16.6. The first-order valence-corrected chi connectivity index (χ1v) is 14.5. The Morgan fingerprint density at radius 1 is 1.14 bits per heavy atom. The molecule has 0 aliphatic carbocycles. The summed E-state index contributed by atoms with van der Waals surface area (Å²) in [5, 5.41) is 11.1. The molecule has 1 aliphatic rings. The van der Waals surface area contributed by atoms with Crippen molar-refractivity contribution in [3.05, 3.63) is 54.6 Å². The number of imidazole rings is 1. The number of aliphatic hydroxyl groups excluding tert-OH is 1. The Hall–Kier alpha value is -2.80. The van der Waals surface area contributed by atoms with Crippen molar-refractivity contribution in [3.63, 3.8) is 0 Å². The molecule has 1 aliphatic heterocycles. The SMILES string of the molecule is CCCS(=O)(=O)N1CCC(n2c([C@@H](C)O)nc3cnc4c(ccn4S(=O)(=O)c4ccccc4)c32)C1. The minimum atomic E-state index is -3.88. The van der Waals surface area contributed by atoms with Crippen LogP contribution in [0.5, 0.6) is 0 Å². The van der Waals surface area contributed by atoms with Gasteiger partial charge in [-0.05, 0) is 38.0 Å². The Balaban J connectivity index is 1.67. The maximum absolute atomic E-state index is 13.3. The van der Waals surface area contributed by atoms with Crippen LogP contribution in [0.4, 0.5) is 0 Å². The maximum Gasteiger partial charge on any atom is 0.269 e. The first-order valence-electron chi connectivity index (χ1n) is 11.5. The molecule has 1 aromatic carbocycles. The number of hydrogen-bond donors (Lipinski definition) is 1. The van der Waals surface area contributed by atoms with Gasteiger partial charge >= 0.3 is 0 Å². The van der Waals surface area contributed by atoms with E-state index in [-0.39, 0.29) is 28.9 Å². The summed E-state index contributed by atoms with van der Waals surface area (Å²) in [6.07, 6.45) is 3.14. The summed E-state index contributed by atoms with van der Waals surface area (Å²) in [6, 6.07) is 9.54. The molecule has 35 heavy (non-hydrogen) atoms. The molecule has 10 nitrogen and oxygen atoms in total. The summed E-state index contributed by atoms with van der Waals surface area (Å²) in [6.45, 7) is 4.08. The number of hydrogen-bond acceptors (Lipinski definition) is 7. The number of sulfonamides is 1. The van der Waals surface area contributed by atoms with Crippen LogP contribution >= 0.6 is 0 Å². The normalized spacial score (nSPS) is 18.5. The molecule has 186 valence electrons. The van der Waals surface area contributed by atoms with E-state index in [4.69, 9.17) is 0 Å². The second-order valence-electron chi connectivity index (χ2n) is 8.79. The lowest BCUT2D eigenvalue weighted by Crippen LogP contribution is -2.31. The lowest BCUT2D eigenvalue weighted by Gasteiger charge is -2.20. The van der Waals surface area contributed by atoms with Crippen molar-refractivity contribution in [2.45, 2.75) is 43.7 Å². The molecule has 0 radical (unpaired) electrons. The van der Waals surface area contributed by atoms with Crippen molar-refractivity contribution < 1.29 is 21.9 Å². The zero-order valence-corrected chi connectivity index (χ0v) is 21.1. The number of pyridine rings is 1. The predicted molar refractivity (Wildman–Crippen MR) is 132 cm³/mol. The summed E-state index contributed by atoms with van der Waals surface area (Å²) < 4.78 is 56.4. The van der Waals surface area contributed by atoms with Gasteiger partial charge in [-0.1, -0.05) is 25.1 Å². The van der Waals surface area contributed by atoms with Crippen LogP contribution in [0.3, 0.4) is 0 Å². The van der Waals surface area contributed by atoms with Gasteiger partial charge in [0.2, 0.25) is 10.0 Å². The van der Waals surface area contributed by atoms with Crippen LogP contribution < -0.4 is 0 Å². The van der Waals surface area contributed by atoms with E-state index in [9.17, 15) is 21.9 Å². The third-order valence-corrected chi connectivity index (χ3v) is 10.1. The van der Waals surface area contributed by atoms with E-state index < -0.39 is 26.2 Å². The fraction of sp³-hybridized carbons (Fsp3) is 0.391. The molecule has 12 heteroatoms. The number of aromatic nitrogens is 4. The van der Waals surface area contributed by atoms with Gasteiger partial charge in [-0.3, -0.25) is 0 Å². The molecular weight excluding hydrogens is 490 g/mol. The van der Waals surface area contributed by atoms with Gasteiger partial charge in [0.1, 0.15) is 17.4 Å². The molecule has 0 saturated carbocycles. The summed E-state index contributed by atoms with van der Waals surface area (Å²) in [5.41, 5.74) is 1.39. The fourth-order valence-electron chi connectivity index (χ4n) is 4.79. The van der Waals surface area contributed by atoms with Crippen LogP contribution in [0.2, 0.25) is 0 Å². The van der Waals surface area contributed by atoms with E-state index in [2.05, 4.69) is 9.97 Å². The van der Waals surface area contributed by atoms with E-state index in [1.165, 1.54) is 28.8 Å². The van der Waals surface area contributed by atoms with Crippen LogP contribution in [0.1, 0.15) is 44.7 Å². The number of rotatable bonds is 7. The van der Waals surface area contributed by atoms with E-state index in [0.717, 1.165) is 3.97 Å². The molecular formula is C23H27N5O5S2. The third kappa shape index (κ3) is 3.94. The fourth-order valence-corrected chi connectivity index (χ4v) is 7.67. The van der Waals surface area contributed by atoms with Crippen molar-refractivity contribution in [2.24, 2.45) is 0 Å². The third-order valence-electron chi connectivity index (χ3n) is 6.38. The quantitative estimate of drug-likeness (QED) is 0.399. The summed E-state index contributed by atoms with van der Waals surface area (Å²) in [7, 11) is -7.25. The van der Waals surface area contributed by atoms with Gasteiger partial charge in [-0.25, -0.2) is 30.8 Å². The Morgan fingerprint density at radius 3 is 2.57 bits per heavy atom. The average Bonchev–Trinajstić information content (AvgIpc) is 3.55. The van der Waals surface area contributed by atoms with Crippen LogP contribution in [-0.4, -0.2) is 63.6 Å². The zero-order chi connectivity index (χ0) is 25.0. The maximum atomic E-state index is 13.3. The van der Waals surface area contributed by atoms with Gasteiger partial charge in [0.25, 0.3) is 10.0 Å². The highest BCUT2D eigenvalue weighted by Gasteiger charge is 2.35. The second-order valence-corrected chi connectivity index (χ2v) is 12.7. The number of nitrogens with zero attached hydrogens (tertiary/aromatic N) is 5. The molecule has 1 saturated heterocycles. The zero-order valence-electron chi connectivity index (χ0n) is 19.4. The minimum absolute atomic E-state index is 0.0853. The van der Waals surface area contributed by atoms with Crippen LogP contribution in [0.15, 0.2) is 53.7 Å². The van der Waals surface area contributed by atoms with Gasteiger partial charge in [-0.15, -0.1) is 0 Å². The van der Waals surface area contributed by atoms with E-state index in [0.29, 0.717) is 41.6 Å². The van der Waals surface area contributed by atoms with Gasteiger partial charge in [0.15, 0.2) is 5.65 Å². The van der Waals surface area contributed by atoms with E-state index in [1.807, 2.05) is 11.5 Å². The smallest absolute Gasteiger partial charge is 0.269 e. The van der Waals surface area contributed by atoms with Gasteiger partial charge in [0, 0.05) is 24.7 Å². The molecule has 4 heterocycles. The van der Waals surface area contributed by atoms with Crippen molar-refractivity contribution in [3.8, 4) is 0 Å². The summed E-state index contributed by atoms with van der Waals surface area (Å²) in [4.78, 5) is 9.13. The molecule has 1 N–H and O–H groups in total. The van der Waals surface area contributed by atoms with Crippen LogP contribution in [0, 0.1) is 0 Å². The summed E-state index contributed by atoms with van der Waals surface area (Å²) >= 11 is 0. The Kier molecular flexibility index (Phi) is 5.94. The monoisotopic (exact) mass is 517 g/mol. The molecule has 0 bridgehead atoms. The highest BCUT2D eigenvalue weighted by atomic mass is 32.2. The highest BCUT2D eigenvalue weighted by molar-refractivity contribution is 7.90. The molecule has 2 atom stereocenters. The Labute approximate surface area is 203 Å². The van der Waals surface area contributed by atoms with Crippen LogP contribution in [-0.2, 0) is 20.0 Å². The van der Waals surface area contributed by atoms with Crippen molar-refractivity contribution >= 4 is 42.1 Å². The van der Waals surface area contributed by atoms with Crippen molar-refractivity contribution in [2.75, 3.05) is 18.8 Å². The topological polar surface area (TPSA) is 127 Å². The molecule has 4 aromatic rings.